The van der Waals surface area contributed by atoms with Crippen LogP contribution >= 0.6 is 11.3 Å². The second-order valence-electron chi connectivity index (χ2n) is 6.17. The molecule has 0 aliphatic carbocycles. The van der Waals surface area contributed by atoms with E-state index in [0.29, 0.717) is 10.1 Å². The van der Waals surface area contributed by atoms with Crippen LogP contribution in [-0.2, 0) is 14.5 Å². The van der Waals surface area contributed by atoms with Crippen LogP contribution < -0.4 is 4.90 Å². The van der Waals surface area contributed by atoms with Crippen molar-refractivity contribution < 1.29 is 9.00 Å². The maximum Gasteiger partial charge on any atom is 0.235 e. The molecule has 2 rings (SSSR count). The molecule has 1 atom stereocenters. The monoisotopic (exact) mass is 378 g/mol. The third-order valence-corrected chi connectivity index (χ3v) is 6.13. The maximum atomic E-state index is 12.8. The van der Waals surface area contributed by atoms with Crippen molar-refractivity contribution in [2.75, 3.05) is 24.0 Å². The quantitative estimate of drug-likeness (QED) is 0.737. The van der Waals surface area contributed by atoms with E-state index in [-0.39, 0.29) is 11.7 Å². The lowest BCUT2D eigenvalue weighted by molar-refractivity contribution is -0.125. The van der Waals surface area contributed by atoms with Gasteiger partial charge in [0.25, 0.3) is 0 Å². The molecule has 0 aromatic carbocycles. The molecule has 2 aromatic heterocycles. The molecule has 0 spiro atoms. The van der Waals surface area contributed by atoms with Gasteiger partial charge in [-0.05, 0) is 12.1 Å². The first-order chi connectivity index (χ1) is 11.7. The van der Waals surface area contributed by atoms with E-state index in [9.17, 15) is 9.00 Å². The predicted octanol–water partition coefficient (Wildman–Crippen LogP) is 2.17. The molecule has 0 aliphatic rings. The third kappa shape index (κ3) is 4.58. The van der Waals surface area contributed by atoms with Gasteiger partial charge in [0.15, 0.2) is 5.01 Å². The van der Waals surface area contributed by atoms with Gasteiger partial charge in [-0.3, -0.25) is 14.7 Å². The first kappa shape index (κ1) is 19.0. The van der Waals surface area contributed by atoms with Gasteiger partial charge in [0.05, 0.1) is 15.1 Å². The number of nitriles is 1. The summed E-state index contributed by atoms with van der Waals surface area (Å²) in [5, 5.41) is 17.9. The van der Waals surface area contributed by atoms with Gasteiger partial charge in [0, 0.05) is 37.0 Å². The molecule has 2 aromatic rings. The number of amides is 1. The molecule has 132 valence electrons. The summed E-state index contributed by atoms with van der Waals surface area (Å²) in [4.78, 5) is 18.2. The Balaban J connectivity index is 2.23. The number of pyridine rings is 1. The van der Waals surface area contributed by atoms with Crippen LogP contribution in [0.2, 0.25) is 0 Å². The van der Waals surface area contributed by atoms with Gasteiger partial charge in [-0.1, -0.05) is 25.2 Å². The zero-order valence-electron chi connectivity index (χ0n) is 14.3. The Morgan fingerprint density at radius 3 is 2.80 bits per heavy atom. The van der Waals surface area contributed by atoms with Crippen LogP contribution in [0.1, 0.15) is 13.8 Å². The molecular formula is C15H18N6O2S2. The van der Waals surface area contributed by atoms with Gasteiger partial charge in [-0.2, -0.15) is 5.26 Å². The van der Waals surface area contributed by atoms with Crippen LogP contribution in [0.5, 0.6) is 0 Å². The molecule has 25 heavy (non-hydrogen) atoms. The number of anilines is 1. The minimum absolute atomic E-state index is 0.0228. The van der Waals surface area contributed by atoms with E-state index in [2.05, 4.69) is 19.5 Å². The molecule has 0 bridgehead atoms. The molecule has 0 fully saturated rings. The molecule has 8 nitrogen and oxygen atoms in total. The summed E-state index contributed by atoms with van der Waals surface area (Å²) in [7, 11) is -1.17. The number of rotatable bonds is 5. The van der Waals surface area contributed by atoms with Crippen LogP contribution in [0.4, 0.5) is 5.13 Å². The smallest absolute Gasteiger partial charge is 0.235 e. The Morgan fingerprint density at radius 1 is 1.48 bits per heavy atom. The van der Waals surface area contributed by atoms with Crippen LogP contribution in [0.25, 0.3) is 10.6 Å². The number of nitrogens with zero attached hydrogens (tertiary/aromatic N) is 6. The fraction of sp³-hybridized carbons (Fsp3) is 0.400. The Hall–Kier alpha value is -2.38. The highest BCUT2D eigenvalue weighted by atomic mass is 32.2. The summed E-state index contributed by atoms with van der Waals surface area (Å²) in [6, 6.07) is 3.66. The highest BCUT2D eigenvalue weighted by Gasteiger charge is 2.35. The zero-order valence-corrected chi connectivity index (χ0v) is 16.0. The fourth-order valence-corrected chi connectivity index (χ4v) is 4.84. The summed E-state index contributed by atoms with van der Waals surface area (Å²) in [5.41, 5.74) is -0.156. The molecule has 1 unspecified atom stereocenters. The van der Waals surface area contributed by atoms with Gasteiger partial charge in [-0.25, -0.2) is 4.21 Å². The van der Waals surface area contributed by atoms with Crippen molar-refractivity contribution in [3.8, 4) is 16.8 Å². The van der Waals surface area contributed by atoms with Crippen molar-refractivity contribution >= 4 is 32.1 Å². The van der Waals surface area contributed by atoms with Crippen LogP contribution in [0.3, 0.4) is 0 Å². The van der Waals surface area contributed by atoms with E-state index in [4.69, 9.17) is 5.26 Å². The number of aromatic nitrogens is 3. The number of hydrogen-bond donors (Lipinski definition) is 0. The first-order valence-electron chi connectivity index (χ1n) is 7.26. The average Bonchev–Trinajstić information content (AvgIpc) is 3.03. The highest BCUT2D eigenvalue weighted by Crippen LogP contribution is 2.30. The van der Waals surface area contributed by atoms with Gasteiger partial charge in [0.2, 0.25) is 17.2 Å². The van der Waals surface area contributed by atoms with E-state index < -0.39 is 15.1 Å². The average molecular weight is 378 g/mol. The van der Waals surface area contributed by atoms with Gasteiger partial charge < -0.3 is 0 Å². The minimum Gasteiger partial charge on any atom is -0.289 e. The van der Waals surface area contributed by atoms with E-state index in [0.717, 1.165) is 5.56 Å². The molecule has 0 N–H and O–H groups in total. The second-order valence-corrected chi connectivity index (χ2v) is 9.52. The Bertz CT molecular complexity index is 923. The Labute approximate surface area is 150 Å². The van der Waals surface area contributed by atoms with Crippen LogP contribution in [0, 0.1) is 16.9 Å². The molecule has 0 aliphatic heterocycles. The number of carbonyl (C=O) groups excluding carboxylic acids is 1. The summed E-state index contributed by atoms with van der Waals surface area (Å²) in [6.45, 7) is 3.34. The van der Waals surface area contributed by atoms with Gasteiger partial charge in [0.1, 0.15) is 0 Å². The Morgan fingerprint density at radius 2 is 2.20 bits per heavy atom. The van der Waals surface area contributed by atoms with E-state index >= 15 is 0 Å². The van der Waals surface area contributed by atoms with Crippen molar-refractivity contribution in [2.24, 2.45) is 9.78 Å². The topological polar surface area (TPSA) is 112 Å². The molecule has 1 amide bonds. The highest BCUT2D eigenvalue weighted by molar-refractivity contribution is 7.93. The lowest BCUT2D eigenvalue weighted by atomic mass is 9.95. The van der Waals surface area contributed by atoms with E-state index in [1.54, 1.807) is 45.5 Å². The summed E-state index contributed by atoms with van der Waals surface area (Å²) in [6.07, 6.45) is 6.26. The molecule has 0 saturated heterocycles. The largest absolute Gasteiger partial charge is 0.289 e. The van der Waals surface area contributed by atoms with Gasteiger partial charge in [-0.15, -0.1) is 14.6 Å². The Kier molecular flexibility index (Phi) is 5.49. The summed E-state index contributed by atoms with van der Waals surface area (Å²) in [5.74, 6) is -0.297. The van der Waals surface area contributed by atoms with Crippen molar-refractivity contribution in [1.82, 2.24) is 15.2 Å². The summed E-state index contributed by atoms with van der Waals surface area (Å²) >= 11 is 1.26. The second kappa shape index (κ2) is 7.25. The third-order valence-electron chi connectivity index (χ3n) is 3.36. The molecule has 0 saturated carbocycles. The van der Waals surface area contributed by atoms with Crippen LogP contribution in [-0.4, -0.2) is 44.4 Å². The number of carbonyl (C=O) groups is 1. The lowest BCUT2D eigenvalue weighted by Gasteiger charge is -2.27. The standard InChI is InChI=1S/C15H18N6O2S2/c1-15(2,9-25(4,23)18-10-16)13(22)21(3)14-20-19-12(24-14)11-6-5-7-17-8-11/h5-8H,9H2,1-4H3. The fourth-order valence-electron chi connectivity index (χ4n) is 2.35. The lowest BCUT2D eigenvalue weighted by Crippen LogP contribution is -2.42. The van der Waals surface area contributed by atoms with Crippen molar-refractivity contribution in [3.05, 3.63) is 24.5 Å². The number of hydrogen-bond acceptors (Lipinski definition) is 8. The first-order valence-corrected chi connectivity index (χ1v) is 10.2. The molecule has 10 heteroatoms. The molecule has 0 radical (unpaired) electrons. The SMILES string of the molecule is CN(C(=O)C(C)(C)CS(C)(=O)=NC#N)c1nnc(-c2cccnc2)s1. The predicted molar refractivity (Wildman–Crippen MR) is 97.3 cm³/mol. The minimum atomic E-state index is -2.76. The van der Waals surface area contributed by atoms with E-state index in [1.807, 2.05) is 6.07 Å². The molecular weight excluding hydrogens is 360 g/mol. The zero-order chi connectivity index (χ0) is 18.7. The summed E-state index contributed by atoms with van der Waals surface area (Å²) < 4.78 is 15.7. The maximum absolute atomic E-state index is 12.8. The van der Waals surface area contributed by atoms with Gasteiger partial charge >= 0.3 is 0 Å². The molecule has 2 heterocycles. The normalized spacial score (nSPS) is 13.6. The van der Waals surface area contributed by atoms with Crippen molar-refractivity contribution in [3.63, 3.8) is 0 Å². The van der Waals surface area contributed by atoms with Crippen molar-refractivity contribution in [1.29, 1.82) is 5.26 Å². The van der Waals surface area contributed by atoms with E-state index in [1.165, 1.54) is 22.5 Å². The van der Waals surface area contributed by atoms with Crippen LogP contribution in [0.15, 0.2) is 28.9 Å². The van der Waals surface area contributed by atoms with Crippen molar-refractivity contribution in [2.45, 2.75) is 13.8 Å².